The van der Waals surface area contributed by atoms with Gasteiger partial charge in [0, 0.05) is 16.6 Å². The van der Waals surface area contributed by atoms with E-state index < -0.39 is 6.10 Å². The van der Waals surface area contributed by atoms with E-state index in [-0.39, 0.29) is 30.5 Å². The molecule has 118 valence electrons. The number of aliphatic hydroxyl groups excluding tert-OH is 1. The van der Waals surface area contributed by atoms with Crippen LogP contribution in [-0.2, 0) is 0 Å². The standard InChI is InChI=1S/C15H22ClN3O.HI/c16-13-9-5-4-8-12(13)14(20)10-18-15(17)19-11-6-2-1-3-7-11;/h4-5,8-9,11,14,20H,1-3,6-7,10H2,(H3,17,18,19);1H. The van der Waals surface area contributed by atoms with E-state index in [1.165, 1.54) is 19.3 Å². The molecular weight excluding hydrogens is 401 g/mol. The molecule has 1 aliphatic carbocycles. The summed E-state index contributed by atoms with van der Waals surface area (Å²) in [5, 5.41) is 13.9. The molecule has 0 radical (unpaired) electrons. The molecule has 1 saturated carbocycles. The van der Waals surface area contributed by atoms with Crippen LogP contribution < -0.4 is 11.1 Å². The van der Waals surface area contributed by atoms with Crippen LogP contribution in [0.3, 0.4) is 0 Å². The quantitative estimate of drug-likeness (QED) is 0.395. The molecule has 1 aliphatic rings. The molecule has 0 aromatic heterocycles. The number of nitrogens with one attached hydrogen (secondary N) is 1. The van der Waals surface area contributed by atoms with Crippen LogP contribution in [0, 0.1) is 0 Å². The summed E-state index contributed by atoms with van der Waals surface area (Å²) < 4.78 is 0. The number of rotatable bonds is 4. The van der Waals surface area contributed by atoms with Gasteiger partial charge in [-0.2, -0.15) is 0 Å². The number of nitrogens with two attached hydrogens (primary N) is 1. The Labute approximate surface area is 148 Å². The van der Waals surface area contributed by atoms with E-state index in [0.29, 0.717) is 22.6 Å². The Morgan fingerprint density at radius 1 is 1.33 bits per heavy atom. The predicted octanol–water partition coefficient (Wildman–Crippen LogP) is 3.23. The zero-order valence-corrected chi connectivity index (χ0v) is 15.1. The van der Waals surface area contributed by atoms with Gasteiger partial charge in [-0.15, -0.1) is 24.0 Å². The van der Waals surface area contributed by atoms with Gasteiger partial charge in [-0.3, -0.25) is 4.99 Å². The second-order valence-electron chi connectivity index (χ2n) is 5.24. The summed E-state index contributed by atoms with van der Waals surface area (Å²) in [6.45, 7) is 0.218. The highest BCUT2D eigenvalue weighted by molar-refractivity contribution is 14.0. The number of benzene rings is 1. The summed E-state index contributed by atoms with van der Waals surface area (Å²) >= 11 is 6.03. The molecule has 1 aromatic rings. The fourth-order valence-corrected chi connectivity index (χ4v) is 2.79. The summed E-state index contributed by atoms with van der Waals surface area (Å²) in [5.74, 6) is 0.406. The average molecular weight is 424 g/mol. The van der Waals surface area contributed by atoms with Gasteiger partial charge >= 0.3 is 0 Å². The zero-order chi connectivity index (χ0) is 14.4. The minimum atomic E-state index is -0.726. The molecule has 2 rings (SSSR count). The molecule has 1 fully saturated rings. The van der Waals surface area contributed by atoms with Crippen molar-refractivity contribution in [2.24, 2.45) is 10.7 Å². The van der Waals surface area contributed by atoms with Crippen molar-refractivity contribution in [1.82, 2.24) is 5.32 Å². The molecule has 0 spiro atoms. The molecule has 0 aliphatic heterocycles. The molecule has 21 heavy (non-hydrogen) atoms. The normalized spacial score (nSPS) is 17.9. The summed E-state index contributed by atoms with van der Waals surface area (Å²) in [6.07, 6.45) is 5.35. The Bertz CT molecular complexity index is 464. The molecule has 0 saturated heterocycles. The third kappa shape index (κ3) is 6.00. The number of aliphatic hydroxyl groups is 1. The fraction of sp³-hybridized carbons (Fsp3) is 0.533. The largest absolute Gasteiger partial charge is 0.386 e. The summed E-state index contributed by atoms with van der Waals surface area (Å²) in [7, 11) is 0. The molecule has 6 heteroatoms. The maximum absolute atomic E-state index is 10.1. The van der Waals surface area contributed by atoms with Crippen molar-refractivity contribution in [3.05, 3.63) is 34.9 Å². The Morgan fingerprint density at radius 2 is 2.00 bits per heavy atom. The van der Waals surface area contributed by atoms with Crippen molar-refractivity contribution in [2.45, 2.75) is 44.2 Å². The van der Waals surface area contributed by atoms with Gasteiger partial charge < -0.3 is 16.2 Å². The first kappa shape index (κ1) is 18.5. The Hall–Kier alpha value is -0.530. The maximum atomic E-state index is 10.1. The van der Waals surface area contributed by atoms with Crippen LogP contribution in [0.5, 0.6) is 0 Å². The molecular formula is C15H23ClIN3O. The highest BCUT2D eigenvalue weighted by Gasteiger charge is 2.14. The van der Waals surface area contributed by atoms with Crippen LogP contribution in [0.4, 0.5) is 0 Å². The number of nitrogens with zero attached hydrogens (tertiary/aromatic N) is 1. The number of guanidine groups is 1. The highest BCUT2D eigenvalue weighted by atomic mass is 127. The minimum absolute atomic E-state index is 0. The molecule has 1 atom stereocenters. The van der Waals surface area contributed by atoms with Gasteiger partial charge in [-0.25, -0.2) is 0 Å². The SMILES string of the molecule is I.NC(=NCC(O)c1ccccc1Cl)NC1CCCCC1. The van der Waals surface area contributed by atoms with E-state index >= 15 is 0 Å². The number of halogens is 2. The van der Waals surface area contributed by atoms with E-state index in [2.05, 4.69) is 10.3 Å². The van der Waals surface area contributed by atoms with Crippen molar-refractivity contribution >= 4 is 41.5 Å². The monoisotopic (exact) mass is 423 g/mol. The van der Waals surface area contributed by atoms with Gasteiger partial charge in [0.25, 0.3) is 0 Å². The first-order valence-electron chi connectivity index (χ1n) is 7.16. The van der Waals surface area contributed by atoms with Crippen molar-refractivity contribution in [3.63, 3.8) is 0 Å². The summed E-state index contributed by atoms with van der Waals surface area (Å²) in [4.78, 5) is 4.21. The van der Waals surface area contributed by atoms with Crippen LogP contribution in [-0.4, -0.2) is 23.7 Å². The zero-order valence-electron chi connectivity index (χ0n) is 12.0. The van der Waals surface area contributed by atoms with Crippen molar-refractivity contribution < 1.29 is 5.11 Å². The lowest BCUT2D eigenvalue weighted by Gasteiger charge is -2.23. The molecule has 0 heterocycles. The average Bonchev–Trinajstić information content (AvgIpc) is 2.46. The highest BCUT2D eigenvalue weighted by Crippen LogP contribution is 2.22. The van der Waals surface area contributed by atoms with E-state index in [9.17, 15) is 5.11 Å². The van der Waals surface area contributed by atoms with Crippen LogP contribution >= 0.6 is 35.6 Å². The van der Waals surface area contributed by atoms with Gasteiger partial charge in [-0.05, 0) is 18.9 Å². The first-order valence-corrected chi connectivity index (χ1v) is 7.53. The Morgan fingerprint density at radius 3 is 2.67 bits per heavy atom. The fourth-order valence-electron chi connectivity index (χ4n) is 2.53. The van der Waals surface area contributed by atoms with E-state index in [0.717, 1.165) is 12.8 Å². The molecule has 1 aromatic carbocycles. The van der Waals surface area contributed by atoms with Crippen LogP contribution in [0.2, 0.25) is 5.02 Å². The number of aliphatic imine (C=N–C) groups is 1. The number of hydrogen-bond acceptors (Lipinski definition) is 2. The maximum Gasteiger partial charge on any atom is 0.188 e. The number of hydrogen-bond donors (Lipinski definition) is 3. The van der Waals surface area contributed by atoms with Gasteiger partial charge in [0.2, 0.25) is 0 Å². The Kier molecular flexibility index (Phi) is 8.36. The Balaban J connectivity index is 0.00000220. The van der Waals surface area contributed by atoms with Crippen LogP contribution in [0.25, 0.3) is 0 Å². The lowest BCUT2D eigenvalue weighted by atomic mass is 9.96. The summed E-state index contributed by atoms with van der Waals surface area (Å²) in [6, 6.07) is 7.66. The van der Waals surface area contributed by atoms with Crippen molar-refractivity contribution in [1.29, 1.82) is 0 Å². The van der Waals surface area contributed by atoms with Gasteiger partial charge in [0.15, 0.2) is 5.96 Å². The molecule has 4 nitrogen and oxygen atoms in total. The van der Waals surface area contributed by atoms with E-state index in [1.807, 2.05) is 12.1 Å². The summed E-state index contributed by atoms with van der Waals surface area (Å²) in [5.41, 5.74) is 6.55. The third-order valence-electron chi connectivity index (χ3n) is 3.66. The predicted molar refractivity (Wildman–Crippen MR) is 98.3 cm³/mol. The van der Waals surface area contributed by atoms with E-state index in [4.69, 9.17) is 17.3 Å². The van der Waals surface area contributed by atoms with Gasteiger partial charge in [-0.1, -0.05) is 49.1 Å². The lowest BCUT2D eigenvalue weighted by molar-refractivity contribution is 0.187. The third-order valence-corrected chi connectivity index (χ3v) is 4.00. The van der Waals surface area contributed by atoms with E-state index in [1.54, 1.807) is 12.1 Å². The van der Waals surface area contributed by atoms with Crippen molar-refractivity contribution in [3.8, 4) is 0 Å². The van der Waals surface area contributed by atoms with Crippen LogP contribution in [0.1, 0.15) is 43.8 Å². The topological polar surface area (TPSA) is 70.6 Å². The molecule has 1 unspecified atom stereocenters. The minimum Gasteiger partial charge on any atom is -0.386 e. The molecule has 4 N–H and O–H groups in total. The van der Waals surface area contributed by atoms with Gasteiger partial charge in [0.05, 0.1) is 6.54 Å². The second-order valence-corrected chi connectivity index (χ2v) is 5.65. The van der Waals surface area contributed by atoms with Crippen molar-refractivity contribution in [2.75, 3.05) is 6.54 Å². The lowest BCUT2D eigenvalue weighted by Crippen LogP contribution is -2.41. The van der Waals surface area contributed by atoms with Gasteiger partial charge in [0.1, 0.15) is 6.10 Å². The second kappa shape index (κ2) is 9.48. The molecule has 0 amide bonds. The molecule has 0 bridgehead atoms. The first-order chi connectivity index (χ1) is 9.66. The smallest absolute Gasteiger partial charge is 0.188 e. The van der Waals surface area contributed by atoms with Crippen LogP contribution in [0.15, 0.2) is 29.3 Å².